The fourth-order valence-corrected chi connectivity index (χ4v) is 3.68. The summed E-state index contributed by atoms with van der Waals surface area (Å²) < 4.78 is 3.36. The highest BCUT2D eigenvalue weighted by Gasteiger charge is 2.22. The Bertz CT molecular complexity index is 784. The third-order valence-corrected chi connectivity index (χ3v) is 5.25. The minimum absolute atomic E-state index is 0.0571. The van der Waals surface area contributed by atoms with Crippen LogP contribution in [0.3, 0.4) is 0 Å². The minimum atomic E-state index is -0.0571. The van der Waals surface area contributed by atoms with E-state index in [1.807, 2.05) is 29.2 Å². The molecule has 2 heterocycles. The van der Waals surface area contributed by atoms with Gasteiger partial charge >= 0.3 is 5.69 Å². The zero-order valence-corrected chi connectivity index (χ0v) is 15.2. The lowest BCUT2D eigenvalue weighted by molar-refractivity contribution is -0.132. The molecule has 0 radical (unpaired) electrons. The van der Waals surface area contributed by atoms with Crippen LogP contribution in [-0.4, -0.2) is 46.1 Å². The van der Waals surface area contributed by atoms with E-state index >= 15 is 0 Å². The van der Waals surface area contributed by atoms with Crippen molar-refractivity contribution >= 4 is 16.9 Å². The minimum Gasteiger partial charge on any atom is -0.343 e. The Morgan fingerprint density at radius 2 is 1.88 bits per heavy atom. The predicted molar refractivity (Wildman–Crippen MR) is 99.6 cm³/mol. The van der Waals surface area contributed by atoms with Crippen LogP contribution in [0, 0.1) is 5.92 Å². The van der Waals surface area contributed by atoms with E-state index in [4.69, 9.17) is 0 Å². The Kier molecular flexibility index (Phi) is 5.58. The highest BCUT2D eigenvalue weighted by atomic mass is 16.2. The first kappa shape index (κ1) is 17.7. The van der Waals surface area contributed by atoms with Crippen molar-refractivity contribution in [3.63, 3.8) is 0 Å². The molecular formula is C19H28N4O2. The number of hydrogen-bond donors (Lipinski definition) is 1. The molecule has 25 heavy (non-hydrogen) atoms. The summed E-state index contributed by atoms with van der Waals surface area (Å²) in [5.74, 6) is 0.825. The average Bonchev–Trinajstić information content (AvgIpc) is 2.89. The first-order chi connectivity index (χ1) is 12.1. The largest absolute Gasteiger partial charge is 0.343 e. The molecule has 0 unspecified atom stereocenters. The van der Waals surface area contributed by atoms with Crippen LogP contribution in [0.1, 0.15) is 26.2 Å². The molecule has 0 aliphatic carbocycles. The van der Waals surface area contributed by atoms with Crippen molar-refractivity contribution in [2.75, 3.05) is 26.2 Å². The number of aromatic nitrogens is 2. The third-order valence-electron chi connectivity index (χ3n) is 5.25. The van der Waals surface area contributed by atoms with E-state index in [0.717, 1.165) is 50.1 Å². The highest BCUT2D eigenvalue weighted by molar-refractivity contribution is 5.78. The Hall–Kier alpha value is -2.08. The number of nitrogens with zero attached hydrogens (tertiary/aromatic N) is 3. The van der Waals surface area contributed by atoms with Gasteiger partial charge in [0.2, 0.25) is 5.91 Å². The summed E-state index contributed by atoms with van der Waals surface area (Å²) in [4.78, 5) is 26.9. The topological polar surface area (TPSA) is 59.3 Å². The van der Waals surface area contributed by atoms with Gasteiger partial charge in [-0.15, -0.1) is 0 Å². The zero-order chi connectivity index (χ0) is 17.8. The maximum absolute atomic E-state index is 12.5. The van der Waals surface area contributed by atoms with Crippen LogP contribution in [0.15, 0.2) is 29.1 Å². The number of fused-ring (bicyclic) bond motifs is 1. The van der Waals surface area contributed by atoms with Gasteiger partial charge in [-0.05, 0) is 44.0 Å². The molecule has 1 aliphatic heterocycles. The second-order valence-corrected chi connectivity index (χ2v) is 6.86. The van der Waals surface area contributed by atoms with Crippen LogP contribution < -0.4 is 11.0 Å². The summed E-state index contributed by atoms with van der Waals surface area (Å²) in [5.41, 5.74) is 1.75. The summed E-state index contributed by atoms with van der Waals surface area (Å²) in [6, 6.07) is 7.72. The van der Waals surface area contributed by atoms with Gasteiger partial charge in [0.15, 0.2) is 0 Å². The van der Waals surface area contributed by atoms with Crippen molar-refractivity contribution in [1.29, 1.82) is 0 Å². The number of para-hydroxylation sites is 2. The number of benzene rings is 1. The van der Waals surface area contributed by atoms with E-state index in [1.165, 1.54) is 0 Å². The predicted octanol–water partition coefficient (Wildman–Crippen LogP) is 1.58. The molecule has 1 aromatic carbocycles. The number of carbonyl (C=O) groups excluding carboxylic acids is 1. The highest BCUT2D eigenvalue weighted by Crippen LogP contribution is 2.18. The van der Waals surface area contributed by atoms with Gasteiger partial charge in [-0.2, -0.15) is 0 Å². The molecule has 1 fully saturated rings. The van der Waals surface area contributed by atoms with Crippen LogP contribution in [0.5, 0.6) is 0 Å². The monoisotopic (exact) mass is 344 g/mol. The van der Waals surface area contributed by atoms with Crippen molar-refractivity contribution in [1.82, 2.24) is 19.4 Å². The van der Waals surface area contributed by atoms with Gasteiger partial charge in [0.05, 0.1) is 11.0 Å². The van der Waals surface area contributed by atoms with Crippen LogP contribution >= 0.6 is 0 Å². The SMILES string of the molecule is CCNCC1CCN(C(=O)CCn2c(=O)n(C)c3ccccc32)CC1. The summed E-state index contributed by atoms with van der Waals surface area (Å²) in [6.45, 7) is 6.27. The summed E-state index contributed by atoms with van der Waals surface area (Å²) in [6.07, 6.45) is 2.51. The first-order valence-corrected chi connectivity index (χ1v) is 9.24. The molecule has 3 rings (SSSR count). The number of amides is 1. The molecule has 2 aromatic rings. The molecule has 1 amide bonds. The normalized spacial score (nSPS) is 15.8. The van der Waals surface area contributed by atoms with Crippen molar-refractivity contribution < 1.29 is 4.79 Å². The van der Waals surface area contributed by atoms with E-state index in [0.29, 0.717) is 18.9 Å². The van der Waals surface area contributed by atoms with E-state index < -0.39 is 0 Å². The molecular weight excluding hydrogens is 316 g/mol. The standard InChI is InChI=1S/C19H28N4O2/c1-3-20-14-15-8-11-22(12-9-15)18(24)10-13-23-17-7-5-4-6-16(17)21(2)19(23)25/h4-7,15,20H,3,8-14H2,1-2H3. The molecule has 0 saturated carbocycles. The molecule has 1 N–H and O–H groups in total. The molecule has 1 aromatic heterocycles. The summed E-state index contributed by atoms with van der Waals surface area (Å²) in [7, 11) is 1.78. The van der Waals surface area contributed by atoms with Gasteiger partial charge in [0.25, 0.3) is 0 Å². The van der Waals surface area contributed by atoms with Crippen molar-refractivity contribution in [2.24, 2.45) is 13.0 Å². The van der Waals surface area contributed by atoms with Crippen molar-refractivity contribution in [3.8, 4) is 0 Å². The van der Waals surface area contributed by atoms with Gasteiger partial charge in [-0.25, -0.2) is 4.79 Å². The Balaban J connectivity index is 1.59. The van der Waals surface area contributed by atoms with Crippen molar-refractivity contribution in [3.05, 3.63) is 34.7 Å². The molecule has 0 spiro atoms. The lowest BCUT2D eigenvalue weighted by Gasteiger charge is -2.32. The second-order valence-electron chi connectivity index (χ2n) is 6.86. The van der Waals surface area contributed by atoms with E-state index in [2.05, 4.69) is 12.2 Å². The molecule has 1 saturated heterocycles. The van der Waals surface area contributed by atoms with Crippen LogP contribution in [-0.2, 0) is 18.4 Å². The van der Waals surface area contributed by atoms with Gasteiger partial charge in [-0.3, -0.25) is 13.9 Å². The third kappa shape index (κ3) is 3.79. The van der Waals surface area contributed by atoms with Gasteiger partial charge in [0.1, 0.15) is 0 Å². The zero-order valence-electron chi connectivity index (χ0n) is 15.2. The number of carbonyl (C=O) groups is 1. The Morgan fingerprint density at radius 3 is 2.56 bits per heavy atom. The molecule has 136 valence electrons. The first-order valence-electron chi connectivity index (χ1n) is 9.24. The fourth-order valence-electron chi connectivity index (χ4n) is 3.68. The number of nitrogens with one attached hydrogen (secondary N) is 1. The molecule has 0 bridgehead atoms. The average molecular weight is 344 g/mol. The van der Waals surface area contributed by atoms with E-state index in [9.17, 15) is 9.59 Å². The van der Waals surface area contributed by atoms with E-state index in [1.54, 1.807) is 16.2 Å². The number of aryl methyl sites for hydroxylation is 2. The number of imidazole rings is 1. The second kappa shape index (κ2) is 7.87. The maximum Gasteiger partial charge on any atom is 0.328 e. The molecule has 6 heteroatoms. The number of hydrogen-bond acceptors (Lipinski definition) is 3. The van der Waals surface area contributed by atoms with Crippen LogP contribution in [0.2, 0.25) is 0 Å². The Morgan fingerprint density at radius 1 is 1.20 bits per heavy atom. The van der Waals surface area contributed by atoms with Crippen LogP contribution in [0.25, 0.3) is 11.0 Å². The fraction of sp³-hybridized carbons (Fsp3) is 0.579. The molecule has 0 atom stereocenters. The molecule has 1 aliphatic rings. The quantitative estimate of drug-likeness (QED) is 0.865. The smallest absolute Gasteiger partial charge is 0.328 e. The number of rotatable bonds is 6. The van der Waals surface area contributed by atoms with E-state index in [-0.39, 0.29) is 11.6 Å². The van der Waals surface area contributed by atoms with Gasteiger partial charge < -0.3 is 10.2 Å². The Labute approximate surface area is 148 Å². The molecule has 6 nitrogen and oxygen atoms in total. The van der Waals surface area contributed by atoms with Gasteiger partial charge in [0, 0.05) is 33.1 Å². The lowest BCUT2D eigenvalue weighted by atomic mass is 9.96. The lowest BCUT2D eigenvalue weighted by Crippen LogP contribution is -2.41. The van der Waals surface area contributed by atoms with Crippen molar-refractivity contribution in [2.45, 2.75) is 32.7 Å². The number of likely N-dealkylation sites (tertiary alicyclic amines) is 1. The summed E-state index contributed by atoms with van der Waals surface area (Å²) >= 11 is 0. The maximum atomic E-state index is 12.5. The van der Waals surface area contributed by atoms with Crippen LogP contribution in [0.4, 0.5) is 0 Å². The van der Waals surface area contributed by atoms with Gasteiger partial charge in [-0.1, -0.05) is 19.1 Å². The summed E-state index contributed by atoms with van der Waals surface area (Å²) in [5, 5.41) is 3.39. The number of piperidine rings is 1.